The van der Waals surface area contributed by atoms with E-state index in [1.165, 1.54) is 23.4 Å². The number of amides is 1. The molecular weight excluding hydrogens is 310 g/mol. The van der Waals surface area contributed by atoms with Crippen LogP contribution in [-0.4, -0.2) is 40.1 Å². The van der Waals surface area contributed by atoms with E-state index in [4.69, 9.17) is 0 Å². The summed E-state index contributed by atoms with van der Waals surface area (Å²) in [6.07, 6.45) is 7.09. The molecule has 0 radical (unpaired) electrons. The van der Waals surface area contributed by atoms with E-state index in [9.17, 15) is 4.79 Å². The fourth-order valence-corrected chi connectivity index (χ4v) is 4.36. The molecule has 4 rings (SSSR count). The van der Waals surface area contributed by atoms with Crippen molar-refractivity contribution in [3.8, 4) is 0 Å². The minimum atomic E-state index is -0.0809. The first kappa shape index (κ1) is 14.8. The number of nitrogens with zero attached hydrogens (tertiary/aromatic N) is 3. The van der Waals surface area contributed by atoms with Crippen LogP contribution < -0.4 is 10.6 Å². The highest BCUT2D eigenvalue weighted by Gasteiger charge is 2.18. The average molecular weight is 331 g/mol. The highest BCUT2D eigenvalue weighted by molar-refractivity contribution is 7.11. The summed E-state index contributed by atoms with van der Waals surface area (Å²) in [7, 11) is 0. The van der Waals surface area contributed by atoms with Crippen molar-refractivity contribution in [2.45, 2.75) is 38.6 Å². The molecule has 7 heteroatoms. The zero-order valence-corrected chi connectivity index (χ0v) is 13.9. The van der Waals surface area contributed by atoms with Gasteiger partial charge in [0.15, 0.2) is 0 Å². The van der Waals surface area contributed by atoms with Crippen molar-refractivity contribution in [1.82, 2.24) is 25.2 Å². The number of fused-ring (bicyclic) bond motifs is 2. The number of thiazole rings is 1. The van der Waals surface area contributed by atoms with E-state index in [2.05, 4.69) is 25.2 Å². The van der Waals surface area contributed by atoms with Gasteiger partial charge in [0.25, 0.3) is 5.91 Å². The fraction of sp³-hybridized carbons (Fsp3) is 0.562. The maximum absolute atomic E-state index is 12.3. The minimum Gasteiger partial charge on any atom is -0.350 e. The van der Waals surface area contributed by atoms with Crippen molar-refractivity contribution in [3.05, 3.63) is 33.3 Å². The largest absolute Gasteiger partial charge is 0.350 e. The third-order valence-corrected chi connectivity index (χ3v) is 5.63. The summed E-state index contributed by atoms with van der Waals surface area (Å²) >= 11 is 1.80. The van der Waals surface area contributed by atoms with Crippen molar-refractivity contribution in [3.63, 3.8) is 0 Å². The lowest BCUT2D eigenvalue weighted by Gasteiger charge is -2.02. The number of aromatic nitrogens is 3. The van der Waals surface area contributed by atoms with Crippen molar-refractivity contribution < 1.29 is 4.79 Å². The maximum Gasteiger partial charge on any atom is 0.271 e. The van der Waals surface area contributed by atoms with Crippen LogP contribution in [0.2, 0.25) is 0 Å². The van der Waals surface area contributed by atoms with E-state index < -0.39 is 0 Å². The molecule has 1 aliphatic heterocycles. The first-order chi connectivity index (χ1) is 11.3. The molecular formula is C16H21N5OS. The normalized spacial score (nSPS) is 16.7. The third-order valence-electron chi connectivity index (χ3n) is 4.41. The molecule has 1 amide bonds. The van der Waals surface area contributed by atoms with Crippen molar-refractivity contribution >= 4 is 17.2 Å². The molecule has 0 aromatic carbocycles. The van der Waals surface area contributed by atoms with Gasteiger partial charge >= 0.3 is 0 Å². The second-order valence-corrected chi connectivity index (χ2v) is 7.24. The summed E-state index contributed by atoms with van der Waals surface area (Å²) in [6, 6.07) is 0. The Morgan fingerprint density at radius 2 is 2.26 bits per heavy atom. The number of hydrogen-bond acceptors (Lipinski definition) is 5. The number of imidazole rings is 1. The van der Waals surface area contributed by atoms with Crippen molar-refractivity contribution in [1.29, 1.82) is 0 Å². The lowest BCUT2D eigenvalue weighted by Crippen LogP contribution is -2.26. The summed E-state index contributed by atoms with van der Waals surface area (Å²) in [4.78, 5) is 22.8. The molecule has 0 bridgehead atoms. The standard InChI is InChI=1S/C16H21N5OS/c22-16(12-10-21-9-8-17-6-4-14(21)19-12)18-7-5-15-20-11-2-1-3-13(11)23-15/h10,17H,1-9H2,(H,18,22). The van der Waals surface area contributed by atoms with Gasteiger partial charge in [0.05, 0.1) is 10.7 Å². The molecule has 2 aromatic heterocycles. The van der Waals surface area contributed by atoms with Gasteiger partial charge in [-0.3, -0.25) is 4.79 Å². The number of carbonyl (C=O) groups excluding carboxylic acids is 1. The molecule has 0 saturated heterocycles. The van der Waals surface area contributed by atoms with Crippen LogP contribution in [0.1, 0.15) is 38.3 Å². The van der Waals surface area contributed by atoms with E-state index >= 15 is 0 Å². The third kappa shape index (κ3) is 3.16. The van der Waals surface area contributed by atoms with E-state index in [0.717, 1.165) is 49.7 Å². The summed E-state index contributed by atoms with van der Waals surface area (Å²) < 4.78 is 2.08. The summed E-state index contributed by atoms with van der Waals surface area (Å²) in [5.74, 6) is 0.916. The number of rotatable bonds is 4. The summed E-state index contributed by atoms with van der Waals surface area (Å²) in [6.45, 7) is 3.35. The van der Waals surface area contributed by atoms with Crippen LogP contribution in [0.15, 0.2) is 6.20 Å². The Morgan fingerprint density at radius 3 is 3.17 bits per heavy atom. The topological polar surface area (TPSA) is 71.8 Å². The highest BCUT2D eigenvalue weighted by atomic mass is 32.1. The second-order valence-electron chi connectivity index (χ2n) is 6.07. The van der Waals surface area contributed by atoms with Crippen LogP contribution in [0.4, 0.5) is 0 Å². The molecule has 6 nitrogen and oxygen atoms in total. The number of hydrogen-bond donors (Lipinski definition) is 2. The lowest BCUT2D eigenvalue weighted by molar-refractivity contribution is 0.0949. The zero-order valence-electron chi connectivity index (χ0n) is 13.1. The van der Waals surface area contributed by atoms with Gasteiger partial charge in [-0.1, -0.05) is 0 Å². The Balaban J connectivity index is 1.33. The lowest BCUT2D eigenvalue weighted by atomic mass is 10.3. The highest BCUT2D eigenvalue weighted by Crippen LogP contribution is 2.27. The van der Waals surface area contributed by atoms with Crippen LogP contribution in [0.3, 0.4) is 0 Å². The predicted molar refractivity (Wildman–Crippen MR) is 89.0 cm³/mol. The molecule has 2 aliphatic rings. The van der Waals surface area contributed by atoms with E-state index in [0.29, 0.717) is 12.2 Å². The summed E-state index contributed by atoms with van der Waals surface area (Å²) in [5.41, 5.74) is 1.81. The van der Waals surface area contributed by atoms with Crippen LogP contribution in [-0.2, 0) is 32.2 Å². The Labute approximate surface area is 139 Å². The van der Waals surface area contributed by atoms with Gasteiger partial charge in [-0.25, -0.2) is 9.97 Å². The Hall–Kier alpha value is -1.73. The van der Waals surface area contributed by atoms with Crippen LogP contribution >= 0.6 is 11.3 Å². The quantitative estimate of drug-likeness (QED) is 0.875. The van der Waals surface area contributed by atoms with Gasteiger partial charge in [0, 0.05) is 50.1 Å². The first-order valence-electron chi connectivity index (χ1n) is 8.32. The van der Waals surface area contributed by atoms with E-state index in [1.54, 1.807) is 11.3 Å². The molecule has 0 fully saturated rings. The van der Waals surface area contributed by atoms with E-state index in [-0.39, 0.29) is 5.91 Å². The maximum atomic E-state index is 12.3. The number of aryl methyl sites for hydroxylation is 2. The van der Waals surface area contributed by atoms with Gasteiger partial charge in [0.2, 0.25) is 0 Å². The smallest absolute Gasteiger partial charge is 0.271 e. The minimum absolute atomic E-state index is 0.0809. The van der Waals surface area contributed by atoms with Crippen molar-refractivity contribution in [2.24, 2.45) is 0 Å². The monoisotopic (exact) mass is 331 g/mol. The number of nitrogens with one attached hydrogen (secondary N) is 2. The van der Waals surface area contributed by atoms with E-state index in [1.807, 2.05) is 6.20 Å². The molecule has 122 valence electrons. The molecule has 3 heterocycles. The molecule has 0 atom stereocenters. The fourth-order valence-electron chi connectivity index (χ4n) is 3.21. The van der Waals surface area contributed by atoms with Crippen molar-refractivity contribution in [2.75, 3.05) is 19.6 Å². The Kier molecular flexibility index (Phi) is 4.13. The summed E-state index contributed by atoms with van der Waals surface area (Å²) in [5, 5.41) is 7.44. The van der Waals surface area contributed by atoms with Crippen LogP contribution in [0.5, 0.6) is 0 Å². The van der Waals surface area contributed by atoms with Gasteiger partial charge < -0.3 is 15.2 Å². The molecule has 23 heavy (non-hydrogen) atoms. The molecule has 0 spiro atoms. The average Bonchev–Trinajstić information content (AvgIpc) is 3.19. The van der Waals surface area contributed by atoms with Crippen LogP contribution in [0, 0.1) is 0 Å². The second kappa shape index (κ2) is 6.41. The number of carbonyl (C=O) groups is 1. The van der Waals surface area contributed by atoms with Gasteiger partial charge in [-0.2, -0.15) is 0 Å². The van der Waals surface area contributed by atoms with Crippen LogP contribution in [0.25, 0.3) is 0 Å². The molecule has 0 unspecified atom stereocenters. The van der Waals surface area contributed by atoms with Gasteiger partial charge in [-0.05, 0) is 19.3 Å². The molecule has 2 aromatic rings. The molecule has 0 saturated carbocycles. The Morgan fingerprint density at radius 1 is 1.30 bits per heavy atom. The first-order valence-corrected chi connectivity index (χ1v) is 9.13. The van der Waals surface area contributed by atoms with Gasteiger partial charge in [0.1, 0.15) is 11.5 Å². The van der Waals surface area contributed by atoms with Gasteiger partial charge in [-0.15, -0.1) is 11.3 Å². The Bertz CT molecular complexity index is 675. The molecule has 1 aliphatic carbocycles. The zero-order chi connectivity index (χ0) is 15.6. The SMILES string of the molecule is O=C(NCCc1nc2c(s1)CCC2)c1cn2c(n1)CCNCC2. The predicted octanol–water partition coefficient (Wildman–Crippen LogP) is 0.947. The molecule has 2 N–H and O–H groups in total.